The molecule has 18 heteroatoms. The normalized spacial score (nSPS) is 12.6. The lowest BCUT2D eigenvalue weighted by molar-refractivity contribution is 0.458. The van der Waals surface area contributed by atoms with Gasteiger partial charge < -0.3 is 31.4 Å². The largest absolute Gasteiger partial charge is 0.744 e. The van der Waals surface area contributed by atoms with E-state index in [1.165, 1.54) is 66.7 Å². The third kappa shape index (κ3) is 7.08. The van der Waals surface area contributed by atoms with Crippen molar-refractivity contribution in [2.45, 2.75) is 9.79 Å². The van der Waals surface area contributed by atoms with Crippen molar-refractivity contribution in [3.05, 3.63) is 97.1 Å². The molecule has 16 nitrogen and oxygen atoms in total. The number of aromatic hydroxyl groups is 1. The third-order valence-corrected chi connectivity index (χ3v) is 8.99. The molecular weight excluding hydrogens is 687 g/mol. The molecule has 50 heavy (non-hydrogen) atoms. The van der Waals surface area contributed by atoms with Crippen LogP contribution >= 0.6 is 0 Å². The van der Waals surface area contributed by atoms with E-state index in [-0.39, 0.29) is 27.8 Å². The molecule has 6 aromatic rings. The molecule has 6 rings (SSSR count). The van der Waals surface area contributed by atoms with E-state index in [4.69, 9.17) is 17.2 Å². The Kier molecular flexibility index (Phi) is 8.68. The van der Waals surface area contributed by atoms with Crippen LogP contribution in [0.4, 0.5) is 51.2 Å². The van der Waals surface area contributed by atoms with Crippen LogP contribution in [0.5, 0.6) is 5.75 Å². The Hall–Kier alpha value is -6.34. The van der Waals surface area contributed by atoms with Gasteiger partial charge in [0.25, 0.3) is 0 Å². The number of anilines is 3. The highest BCUT2D eigenvalue weighted by molar-refractivity contribution is 7.86. The van der Waals surface area contributed by atoms with Gasteiger partial charge in [0.05, 0.1) is 38.2 Å². The van der Waals surface area contributed by atoms with Crippen molar-refractivity contribution in [3.8, 4) is 5.75 Å². The Bertz CT molecular complexity index is 2650. The van der Waals surface area contributed by atoms with Gasteiger partial charge in [-0.3, -0.25) is 0 Å². The molecule has 0 aliphatic rings. The molecule has 0 bridgehead atoms. The highest BCUT2D eigenvalue weighted by Gasteiger charge is 2.18. The smallest absolute Gasteiger partial charge is 0.152 e. The number of nitrogens with two attached hydrogens (primary N) is 3. The molecule has 0 aromatic heterocycles. The number of azo groups is 3. The third-order valence-electron chi connectivity index (χ3n) is 7.31. The molecular formula is C32H23N9O7S2-2. The summed E-state index contributed by atoms with van der Waals surface area (Å²) < 4.78 is 71.1. The van der Waals surface area contributed by atoms with Crippen LogP contribution in [0.15, 0.2) is 138 Å². The van der Waals surface area contributed by atoms with Crippen molar-refractivity contribution in [3.63, 3.8) is 0 Å². The van der Waals surface area contributed by atoms with E-state index in [2.05, 4.69) is 30.7 Å². The van der Waals surface area contributed by atoms with Gasteiger partial charge in [-0.15, -0.1) is 15.3 Å². The van der Waals surface area contributed by atoms with Crippen LogP contribution in [0.3, 0.4) is 0 Å². The first-order valence-corrected chi connectivity index (χ1v) is 17.0. The summed E-state index contributed by atoms with van der Waals surface area (Å²) in [6.45, 7) is 0. The van der Waals surface area contributed by atoms with Crippen LogP contribution < -0.4 is 17.2 Å². The summed E-state index contributed by atoms with van der Waals surface area (Å²) in [6.07, 6.45) is 0. The lowest BCUT2D eigenvalue weighted by Crippen LogP contribution is -1.99. The van der Waals surface area contributed by atoms with Crippen LogP contribution in [-0.2, 0) is 20.2 Å². The van der Waals surface area contributed by atoms with E-state index >= 15 is 0 Å². The highest BCUT2D eigenvalue weighted by Crippen LogP contribution is 2.43. The Morgan fingerprint density at radius 2 is 1.14 bits per heavy atom. The summed E-state index contributed by atoms with van der Waals surface area (Å²) in [5, 5.41) is 36.7. The SMILES string of the molecule is Nc1ccc(N=Nc2ccc3cc(S(=O)(=O)[O-])c(N=Nc4ccc(N=Nc5ccc(N)c6ccc(S(=O)(=O)[O-])cc56)cc4)c(O)c3c2)c(N)c1. The molecule has 0 saturated carbocycles. The Balaban J connectivity index is 1.30. The zero-order chi connectivity index (χ0) is 35.8. The quantitative estimate of drug-likeness (QED) is 0.0685. The van der Waals surface area contributed by atoms with Crippen molar-refractivity contribution >= 4 is 93.0 Å². The average molecular weight is 710 g/mol. The zero-order valence-corrected chi connectivity index (χ0v) is 27.0. The average Bonchev–Trinajstić information content (AvgIpc) is 3.07. The minimum Gasteiger partial charge on any atom is -0.744 e. The minimum atomic E-state index is -5.10. The molecule has 0 spiro atoms. The first-order chi connectivity index (χ1) is 23.7. The monoisotopic (exact) mass is 709 g/mol. The maximum absolute atomic E-state index is 12.1. The zero-order valence-electron chi connectivity index (χ0n) is 25.4. The van der Waals surface area contributed by atoms with E-state index in [0.717, 1.165) is 12.1 Å². The fourth-order valence-electron chi connectivity index (χ4n) is 4.84. The van der Waals surface area contributed by atoms with Gasteiger partial charge >= 0.3 is 0 Å². The summed E-state index contributed by atoms with van der Waals surface area (Å²) in [6, 6.07) is 22.9. The van der Waals surface area contributed by atoms with Crippen molar-refractivity contribution in [2.75, 3.05) is 17.2 Å². The molecule has 0 heterocycles. The molecule has 0 unspecified atom stereocenters. The standard InChI is InChI=1S/C32H25N9O7S2/c33-18-2-11-29(27(35)14-18)40-38-21-3-1-17-13-30(50(46,47)48)31(32(42)24(17)15-21)41-37-20-6-4-19(5-7-20)36-39-28-12-10-26(34)23-9-8-22(16-25(23)28)49(43,44)45/h1-16,42H,33-35H2,(H,43,44,45)(H,46,47,48)/p-2. The second kappa shape index (κ2) is 12.9. The summed E-state index contributed by atoms with van der Waals surface area (Å²) in [5.41, 5.74) is 19.6. The van der Waals surface area contributed by atoms with Crippen LogP contribution in [-0.4, -0.2) is 31.0 Å². The summed E-state index contributed by atoms with van der Waals surface area (Å²) in [7, 11) is -9.83. The first-order valence-electron chi connectivity index (χ1n) is 14.2. The maximum Gasteiger partial charge on any atom is 0.152 e. The van der Waals surface area contributed by atoms with E-state index in [9.17, 15) is 31.0 Å². The van der Waals surface area contributed by atoms with E-state index in [1.54, 1.807) is 18.2 Å². The number of phenolic OH excluding ortho intramolecular Hbond substituents is 1. The molecule has 0 fully saturated rings. The van der Waals surface area contributed by atoms with Crippen molar-refractivity contribution in [1.29, 1.82) is 0 Å². The molecule has 0 atom stereocenters. The molecule has 6 aromatic carbocycles. The number of nitrogens with zero attached hydrogens (tertiary/aromatic N) is 6. The van der Waals surface area contributed by atoms with Crippen LogP contribution in [0.1, 0.15) is 0 Å². The highest BCUT2D eigenvalue weighted by atomic mass is 32.2. The molecule has 0 aliphatic carbocycles. The van der Waals surface area contributed by atoms with Gasteiger partial charge in [0.1, 0.15) is 31.6 Å². The van der Waals surface area contributed by atoms with Gasteiger partial charge in [-0.05, 0) is 90.3 Å². The lowest BCUT2D eigenvalue weighted by Gasteiger charge is -2.13. The molecule has 252 valence electrons. The second-order valence-electron chi connectivity index (χ2n) is 10.7. The maximum atomic E-state index is 12.1. The first kappa shape index (κ1) is 33.6. The van der Waals surface area contributed by atoms with Crippen molar-refractivity contribution in [2.24, 2.45) is 30.7 Å². The number of benzene rings is 6. The summed E-state index contributed by atoms with van der Waals surface area (Å²) in [5.74, 6) is -0.626. The van der Waals surface area contributed by atoms with Crippen LogP contribution in [0.25, 0.3) is 21.5 Å². The van der Waals surface area contributed by atoms with E-state index in [0.29, 0.717) is 39.2 Å². The number of phenols is 1. The topological polar surface area (TPSA) is 287 Å². The summed E-state index contributed by atoms with van der Waals surface area (Å²) >= 11 is 0. The van der Waals surface area contributed by atoms with Crippen molar-refractivity contribution < 1.29 is 31.0 Å². The molecule has 7 N–H and O–H groups in total. The Morgan fingerprint density at radius 1 is 0.520 bits per heavy atom. The van der Waals surface area contributed by atoms with E-state index < -0.39 is 41.5 Å². The van der Waals surface area contributed by atoms with Crippen LogP contribution in [0, 0.1) is 0 Å². The fourth-order valence-corrected chi connectivity index (χ4v) is 5.98. The van der Waals surface area contributed by atoms with Gasteiger partial charge in [-0.1, -0.05) is 12.1 Å². The molecule has 0 saturated heterocycles. The predicted molar refractivity (Wildman–Crippen MR) is 184 cm³/mol. The Labute approximate surface area is 283 Å². The number of rotatable bonds is 8. The summed E-state index contributed by atoms with van der Waals surface area (Å²) in [4.78, 5) is -1.23. The lowest BCUT2D eigenvalue weighted by atomic mass is 10.1. The Morgan fingerprint density at radius 3 is 1.80 bits per heavy atom. The number of fused-ring (bicyclic) bond motifs is 2. The number of hydrogen-bond acceptors (Lipinski definition) is 16. The minimum absolute atomic E-state index is 0.124. The predicted octanol–water partition coefficient (Wildman–Crippen LogP) is 7.50. The molecule has 0 aliphatic heterocycles. The van der Waals surface area contributed by atoms with Gasteiger partial charge in [0.15, 0.2) is 5.75 Å². The van der Waals surface area contributed by atoms with Crippen LogP contribution in [0.2, 0.25) is 0 Å². The second-order valence-corrected chi connectivity index (χ2v) is 13.4. The molecule has 0 radical (unpaired) electrons. The van der Waals surface area contributed by atoms with Gasteiger partial charge in [-0.25, -0.2) is 16.8 Å². The number of hydrogen-bond donors (Lipinski definition) is 4. The van der Waals surface area contributed by atoms with Gasteiger partial charge in [0, 0.05) is 27.5 Å². The van der Waals surface area contributed by atoms with Gasteiger partial charge in [0.2, 0.25) is 0 Å². The van der Waals surface area contributed by atoms with Crippen molar-refractivity contribution in [1.82, 2.24) is 0 Å². The number of nitrogen functional groups attached to an aromatic ring is 3. The van der Waals surface area contributed by atoms with Gasteiger partial charge in [-0.2, -0.15) is 15.3 Å². The molecule has 0 amide bonds. The van der Waals surface area contributed by atoms with E-state index in [1.807, 2.05) is 0 Å². The fraction of sp³-hybridized carbons (Fsp3) is 0.